The molecule has 5 nitrogen and oxygen atoms in total. The summed E-state index contributed by atoms with van der Waals surface area (Å²) in [4.78, 5) is 17.0. The Morgan fingerprint density at radius 3 is 2.58 bits per heavy atom. The van der Waals surface area contributed by atoms with Gasteiger partial charge in [-0.1, -0.05) is 18.2 Å². The van der Waals surface area contributed by atoms with E-state index in [0.29, 0.717) is 6.54 Å². The van der Waals surface area contributed by atoms with Crippen LogP contribution >= 0.6 is 0 Å². The normalized spacial score (nSPS) is 11.2. The molecule has 2 heterocycles. The molecule has 0 saturated heterocycles. The molecule has 0 saturated carbocycles. The summed E-state index contributed by atoms with van der Waals surface area (Å²) in [5, 5.41) is 4.18. The summed E-state index contributed by atoms with van der Waals surface area (Å²) in [6.07, 6.45) is 1.82. The SMILES string of the molecule is Cc1ncn(CCNC(=O)c2c(C)c3cccc(C)c3n2C)c1C. The number of nitrogens with zero attached hydrogens (tertiary/aromatic N) is 3. The first-order valence-electron chi connectivity index (χ1n) is 8.23. The predicted octanol–water partition coefficient (Wildman–Crippen LogP) is 3.04. The van der Waals surface area contributed by atoms with E-state index in [1.165, 1.54) is 5.56 Å². The fourth-order valence-corrected chi connectivity index (χ4v) is 3.36. The molecule has 2 aromatic heterocycles. The lowest BCUT2D eigenvalue weighted by Gasteiger charge is -2.10. The van der Waals surface area contributed by atoms with Crippen molar-refractivity contribution in [3.63, 3.8) is 0 Å². The zero-order valence-electron chi connectivity index (χ0n) is 15.0. The van der Waals surface area contributed by atoms with Gasteiger partial charge in [-0.2, -0.15) is 0 Å². The fourth-order valence-electron chi connectivity index (χ4n) is 3.36. The van der Waals surface area contributed by atoms with E-state index in [-0.39, 0.29) is 5.91 Å². The summed E-state index contributed by atoms with van der Waals surface area (Å²) in [5.74, 6) is -0.0277. The minimum Gasteiger partial charge on any atom is -0.349 e. The van der Waals surface area contributed by atoms with E-state index in [4.69, 9.17) is 0 Å². The number of benzene rings is 1. The van der Waals surface area contributed by atoms with Gasteiger partial charge in [0, 0.05) is 31.2 Å². The second-order valence-electron chi connectivity index (χ2n) is 6.37. The highest BCUT2D eigenvalue weighted by atomic mass is 16.1. The molecule has 5 heteroatoms. The Bertz CT molecular complexity index is 917. The van der Waals surface area contributed by atoms with Crippen LogP contribution in [0.1, 0.15) is 33.0 Å². The number of imidazole rings is 1. The van der Waals surface area contributed by atoms with E-state index < -0.39 is 0 Å². The highest BCUT2D eigenvalue weighted by Gasteiger charge is 2.18. The van der Waals surface area contributed by atoms with Crippen LogP contribution in [0.15, 0.2) is 24.5 Å². The molecule has 24 heavy (non-hydrogen) atoms. The monoisotopic (exact) mass is 324 g/mol. The average molecular weight is 324 g/mol. The van der Waals surface area contributed by atoms with Crippen molar-refractivity contribution >= 4 is 16.8 Å². The lowest BCUT2D eigenvalue weighted by Crippen LogP contribution is -2.29. The molecule has 0 unspecified atom stereocenters. The number of rotatable bonds is 4. The number of carbonyl (C=O) groups excluding carboxylic acids is 1. The second-order valence-corrected chi connectivity index (χ2v) is 6.37. The highest BCUT2D eigenvalue weighted by molar-refractivity contribution is 6.02. The molecule has 0 aliphatic rings. The van der Waals surface area contributed by atoms with E-state index in [1.54, 1.807) is 0 Å². The molecule has 1 amide bonds. The van der Waals surface area contributed by atoms with Gasteiger partial charge >= 0.3 is 0 Å². The molecule has 0 bridgehead atoms. The van der Waals surface area contributed by atoms with Crippen molar-refractivity contribution in [1.82, 2.24) is 19.4 Å². The maximum atomic E-state index is 12.7. The molecule has 3 aromatic rings. The maximum Gasteiger partial charge on any atom is 0.268 e. The Labute approximate surface area is 142 Å². The van der Waals surface area contributed by atoms with Crippen LogP contribution in [0.2, 0.25) is 0 Å². The van der Waals surface area contributed by atoms with Crippen molar-refractivity contribution < 1.29 is 4.79 Å². The zero-order chi connectivity index (χ0) is 17.4. The molecule has 3 rings (SSSR count). The molecule has 0 aliphatic carbocycles. The molecular formula is C19H24N4O. The highest BCUT2D eigenvalue weighted by Crippen LogP contribution is 2.27. The standard InChI is InChI=1S/C19H24N4O/c1-12-7-6-8-16-13(2)18(22(5)17(12)16)19(24)20-9-10-23-11-21-14(3)15(23)4/h6-8,11H,9-10H2,1-5H3,(H,20,24). The number of fused-ring (bicyclic) bond motifs is 1. The molecule has 0 radical (unpaired) electrons. The third-order valence-electron chi connectivity index (χ3n) is 4.87. The summed E-state index contributed by atoms with van der Waals surface area (Å²) >= 11 is 0. The number of nitrogens with one attached hydrogen (secondary N) is 1. The molecule has 0 spiro atoms. The zero-order valence-corrected chi connectivity index (χ0v) is 15.0. The van der Waals surface area contributed by atoms with E-state index in [0.717, 1.165) is 40.1 Å². The Kier molecular flexibility index (Phi) is 4.18. The molecule has 0 atom stereocenters. The minimum atomic E-state index is -0.0277. The third kappa shape index (κ3) is 2.60. The van der Waals surface area contributed by atoms with Crippen LogP contribution in [0.3, 0.4) is 0 Å². The topological polar surface area (TPSA) is 51.9 Å². The van der Waals surface area contributed by atoms with Gasteiger partial charge in [0.2, 0.25) is 0 Å². The maximum absolute atomic E-state index is 12.7. The van der Waals surface area contributed by atoms with E-state index in [9.17, 15) is 4.79 Å². The molecular weight excluding hydrogens is 300 g/mol. The Balaban J connectivity index is 1.79. The van der Waals surface area contributed by atoms with E-state index in [2.05, 4.69) is 33.9 Å². The van der Waals surface area contributed by atoms with Crippen LogP contribution < -0.4 is 5.32 Å². The predicted molar refractivity (Wildman–Crippen MR) is 96.4 cm³/mol. The number of hydrogen-bond acceptors (Lipinski definition) is 2. The van der Waals surface area contributed by atoms with Gasteiger partial charge in [-0.3, -0.25) is 4.79 Å². The Morgan fingerprint density at radius 1 is 1.21 bits per heavy atom. The van der Waals surface area contributed by atoms with Crippen molar-refractivity contribution in [2.45, 2.75) is 34.2 Å². The largest absolute Gasteiger partial charge is 0.349 e. The van der Waals surface area contributed by atoms with Crippen molar-refractivity contribution in [2.24, 2.45) is 7.05 Å². The van der Waals surface area contributed by atoms with Crippen molar-refractivity contribution in [3.8, 4) is 0 Å². The van der Waals surface area contributed by atoms with Crippen molar-refractivity contribution in [2.75, 3.05) is 6.54 Å². The van der Waals surface area contributed by atoms with E-state index >= 15 is 0 Å². The van der Waals surface area contributed by atoms with Gasteiger partial charge < -0.3 is 14.5 Å². The average Bonchev–Trinajstić information content (AvgIpc) is 2.99. The van der Waals surface area contributed by atoms with Crippen LogP contribution in [0.25, 0.3) is 10.9 Å². The summed E-state index contributed by atoms with van der Waals surface area (Å²) in [6.45, 7) is 9.43. The minimum absolute atomic E-state index is 0.0277. The van der Waals surface area contributed by atoms with E-state index in [1.807, 2.05) is 44.8 Å². The lowest BCUT2D eigenvalue weighted by molar-refractivity contribution is 0.0944. The molecule has 1 N–H and O–H groups in total. The third-order valence-corrected chi connectivity index (χ3v) is 4.87. The quantitative estimate of drug-likeness (QED) is 0.802. The molecule has 126 valence electrons. The smallest absolute Gasteiger partial charge is 0.268 e. The van der Waals surface area contributed by atoms with Gasteiger partial charge in [0.25, 0.3) is 5.91 Å². The van der Waals surface area contributed by atoms with Gasteiger partial charge in [-0.25, -0.2) is 4.98 Å². The van der Waals surface area contributed by atoms with Crippen LogP contribution in [-0.2, 0) is 13.6 Å². The number of aryl methyl sites for hydroxylation is 4. The summed E-state index contributed by atoms with van der Waals surface area (Å²) in [7, 11) is 1.96. The van der Waals surface area contributed by atoms with Crippen LogP contribution in [-0.4, -0.2) is 26.6 Å². The number of aromatic nitrogens is 3. The van der Waals surface area contributed by atoms with Gasteiger partial charge in [-0.05, 0) is 38.8 Å². The Morgan fingerprint density at radius 2 is 1.96 bits per heavy atom. The van der Waals surface area contributed by atoms with Gasteiger partial charge in [0.1, 0.15) is 5.69 Å². The summed E-state index contributed by atoms with van der Waals surface area (Å²) in [6, 6.07) is 6.19. The van der Waals surface area contributed by atoms with Crippen molar-refractivity contribution in [1.29, 1.82) is 0 Å². The molecule has 0 aliphatic heterocycles. The number of carbonyl (C=O) groups is 1. The first-order chi connectivity index (χ1) is 11.4. The number of amides is 1. The number of hydrogen-bond donors (Lipinski definition) is 1. The summed E-state index contributed by atoms with van der Waals surface area (Å²) in [5.41, 5.74) is 6.24. The first-order valence-corrected chi connectivity index (χ1v) is 8.23. The fraction of sp³-hybridized carbons (Fsp3) is 0.368. The van der Waals surface area contributed by atoms with Gasteiger partial charge in [-0.15, -0.1) is 0 Å². The van der Waals surface area contributed by atoms with Crippen molar-refractivity contribution in [3.05, 3.63) is 52.7 Å². The van der Waals surface area contributed by atoms with Gasteiger partial charge in [0.05, 0.1) is 17.5 Å². The van der Waals surface area contributed by atoms with Gasteiger partial charge in [0.15, 0.2) is 0 Å². The second kappa shape index (κ2) is 6.15. The summed E-state index contributed by atoms with van der Waals surface area (Å²) < 4.78 is 4.07. The van der Waals surface area contributed by atoms with Crippen LogP contribution in [0.4, 0.5) is 0 Å². The first kappa shape index (κ1) is 16.3. The molecule has 1 aromatic carbocycles. The van der Waals surface area contributed by atoms with Crippen LogP contribution in [0.5, 0.6) is 0 Å². The molecule has 0 fully saturated rings. The Hall–Kier alpha value is -2.56. The number of para-hydroxylation sites is 1. The van der Waals surface area contributed by atoms with Crippen LogP contribution in [0, 0.1) is 27.7 Å². The lowest BCUT2D eigenvalue weighted by atomic mass is 10.1.